The Morgan fingerprint density at radius 2 is 1.90 bits per heavy atom. The summed E-state index contributed by atoms with van der Waals surface area (Å²) >= 11 is 3.44. The first-order valence-electron chi connectivity index (χ1n) is 6.39. The molecule has 1 unspecified atom stereocenters. The standard InChI is InChI=1S/C16H18BrNO2/c1-20-15-8-7-14(17)9-12(15)10-16(19,11-18)13-5-3-2-4-6-13/h2-9,19H,10-11,18H2,1H3. The number of hydrogen-bond donors (Lipinski definition) is 2. The smallest absolute Gasteiger partial charge is 0.122 e. The van der Waals surface area contributed by atoms with Crippen molar-refractivity contribution in [1.82, 2.24) is 0 Å². The molecule has 0 saturated heterocycles. The van der Waals surface area contributed by atoms with Crippen molar-refractivity contribution in [3.05, 3.63) is 64.1 Å². The Morgan fingerprint density at radius 1 is 1.20 bits per heavy atom. The third-order valence-corrected chi connectivity index (χ3v) is 3.87. The number of aliphatic hydroxyl groups is 1. The van der Waals surface area contributed by atoms with Gasteiger partial charge in [-0.3, -0.25) is 0 Å². The second kappa shape index (κ2) is 6.39. The van der Waals surface area contributed by atoms with Gasteiger partial charge >= 0.3 is 0 Å². The molecule has 0 spiro atoms. The summed E-state index contributed by atoms with van der Waals surface area (Å²) in [5.41, 5.74) is 6.44. The maximum atomic E-state index is 10.9. The molecular formula is C16H18BrNO2. The zero-order chi connectivity index (χ0) is 14.6. The van der Waals surface area contributed by atoms with E-state index in [-0.39, 0.29) is 6.54 Å². The fraction of sp³-hybridized carbons (Fsp3) is 0.250. The van der Waals surface area contributed by atoms with Crippen molar-refractivity contribution in [2.75, 3.05) is 13.7 Å². The van der Waals surface area contributed by atoms with Gasteiger partial charge in [-0.2, -0.15) is 0 Å². The molecule has 0 fully saturated rings. The monoisotopic (exact) mass is 335 g/mol. The van der Waals surface area contributed by atoms with Crippen LogP contribution in [0.4, 0.5) is 0 Å². The van der Waals surface area contributed by atoms with E-state index >= 15 is 0 Å². The summed E-state index contributed by atoms with van der Waals surface area (Å²) in [6.45, 7) is 0.146. The first kappa shape index (κ1) is 15.0. The first-order chi connectivity index (χ1) is 9.59. The highest BCUT2D eigenvalue weighted by Gasteiger charge is 2.29. The minimum absolute atomic E-state index is 0.146. The van der Waals surface area contributed by atoms with Gasteiger partial charge < -0.3 is 15.6 Å². The molecule has 0 bridgehead atoms. The van der Waals surface area contributed by atoms with Crippen LogP contribution in [0, 0.1) is 0 Å². The molecule has 0 heterocycles. The lowest BCUT2D eigenvalue weighted by Crippen LogP contribution is -2.37. The third-order valence-electron chi connectivity index (χ3n) is 3.37. The van der Waals surface area contributed by atoms with E-state index in [2.05, 4.69) is 15.9 Å². The lowest BCUT2D eigenvalue weighted by Gasteiger charge is -2.28. The summed E-state index contributed by atoms with van der Waals surface area (Å²) in [4.78, 5) is 0. The third kappa shape index (κ3) is 3.20. The van der Waals surface area contributed by atoms with Gasteiger partial charge in [-0.05, 0) is 29.3 Å². The normalized spacial score (nSPS) is 13.8. The van der Waals surface area contributed by atoms with Gasteiger partial charge in [-0.15, -0.1) is 0 Å². The van der Waals surface area contributed by atoms with E-state index in [0.717, 1.165) is 21.3 Å². The minimum Gasteiger partial charge on any atom is -0.496 e. The fourth-order valence-electron chi connectivity index (χ4n) is 2.24. The van der Waals surface area contributed by atoms with Crippen LogP contribution >= 0.6 is 15.9 Å². The summed E-state index contributed by atoms with van der Waals surface area (Å²) in [5, 5.41) is 10.9. The molecular weight excluding hydrogens is 318 g/mol. The van der Waals surface area contributed by atoms with Crippen molar-refractivity contribution in [3.63, 3.8) is 0 Å². The van der Waals surface area contributed by atoms with Crippen LogP contribution in [-0.2, 0) is 12.0 Å². The molecule has 2 aromatic rings. The number of methoxy groups -OCH3 is 1. The van der Waals surface area contributed by atoms with E-state index in [0.29, 0.717) is 6.42 Å². The predicted octanol–water partition coefficient (Wildman–Crippen LogP) is 2.85. The zero-order valence-electron chi connectivity index (χ0n) is 11.3. The number of hydrogen-bond acceptors (Lipinski definition) is 3. The van der Waals surface area contributed by atoms with Crippen molar-refractivity contribution in [3.8, 4) is 5.75 Å². The average Bonchev–Trinajstić information content (AvgIpc) is 2.48. The Balaban J connectivity index is 2.38. The number of ether oxygens (including phenoxy) is 1. The van der Waals surface area contributed by atoms with Gasteiger partial charge in [0.25, 0.3) is 0 Å². The Morgan fingerprint density at radius 3 is 2.50 bits per heavy atom. The average molecular weight is 336 g/mol. The van der Waals surface area contributed by atoms with Gasteiger partial charge in [-0.25, -0.2) is 0 Å². The highest BCUT2D eigenvalue weighted by atomic mass is 79.9. The van der Waals surface area contributed by atoms with Crippen LogP contribution in [0.15, 0.2) is 53.0 Å². The Kier molecular flexibility index (Phi) is 4.81. The summed E-state index contributed by atoms with van der Waals surface area (Å²) in [6.07, 6.45) is 0.399. The molecule has 0 amide bonds. The minimum atomic E-state index is -1.10. The molecule has 0 aliphatic rings. The Hall–Kier alpha value is -1.36. The molecule has 106 valence electrons. The molecule has 2 rings (SSSR count). The van der Waals surface area contributed by atoms with Crippen LogP contribution in [0.2, 0.25) is 0 Å². The molecule has 20 heavy (non-hydrogen) atoms. The lowest BCUT2D eigenvalue weighted by molar-refractivity contribution is 0.0456. The number of nitrogens with two attached hydrogens (primary N) is 1. The second-order valence-electron chi connectivity index (χ2n) is 4.73. The molecule has 3 N–H and O–H groups in total. The molecule has 0 aliphatic carbocycles. The van der Waals surface area contributed by atoms with Gasteiger partial charge in [-0.1, -0.05) is 46.3 Å². The zero-order valence-corrected chi connectivity index (χ0v) is 12.9. The topological polar surface area (TPSA) is 55.5 Å². The largest absolute Gasteiger partial charge is 0.496 e. The summed E-state index contributed by atoms with van der Waals surface area (Å²) in [6, 6.07) is 15.2. The molecule has 3 nitrogen and oxygen atoms in total. The molecule has 0 aromatic heterocycles. The Labute approximate surface area is 127 Å². The van der Waals surface area contributed by atoms with E-state index in [1.807, 2.05) is 48.5 Å². The van der Waals surface area contributed by atoms with Crippen molar-refractivity contribution in [2.24, 2.45) is 5.73 Å². The summed E-state index contributed by atoms with van der Waals surface area (Å²) in [7, 11) is 1.62. The van der Waals surface area contributed by atoms with Gasteiger partial charge in [0, 0.05) is 17.4 Å². The molecule has 0 aliphatic heterocycles. The number of benzene rings is 2. The van der Waals surface area contributed by atoms with E-state index in [4.69, 9.17) is 10.5 Å². The van der Waals surface area contributed by atoms with Gasteiger partial charge in [0.1, 0.15) is 11.4 Å². The predicted molar refractivity (Wildman–Crippen MR) is 83.8 cm³/mol. The van der Waals surface area contributed by atoms with E-state index < -0.39 is 5.60 Å². The van der Waals surface area contributed by atoms with Crippen molar-refractivity contribution >= 4 is 15.9 Å². The van der Waals surface area contributed by atoms with Crippen LogP contribution in [0.25, 0.3) is 0 Å². The Bertz CT molecular complexity index is 574. The summed E-state index contributed by atoms with van der Waals surface area (Å²) < 4.78 is 6.30. The van der Waals surface area contributed by atoms with E-state index in [1.54, 1.807) is 7.11 Å². The molecule has 1 atom stereocenters. The fourth-order valence-corrected chi connectivity index (χ4v) is 2.65. The van der Waals surface area contributed by atoms with E-state index in [1.165, 1.54) is 0 Å². The second-order valence-corrected chi connectivity index (χ2v) is 5.65. The quantitative estimate of drug-likeness (QED) is 0.883. The maximum absolute atomic E-state index is 10.9. The van der Waals surface area contributed by atoms with Gasteiger partial charge in [0.15, 0.2) is 0 Å². The summed E-state index contributed by atoms with van der Waals surface area (Å²) in [5.74, 6) is 0.746. The van der Waals surface area contributed by atoms with Crippen LogP contribution in [0.1, 0.15) is 11.1 Å². The van der Waals surface area contributed by atoms with Crippen LogP contribution < -0.4 is 10.5 Å². The number of halogens is 1. The van der Waals surface area contributed by atoms with Gasteiger partial charge in [0.2, 0.25) is 0 Å². The first-order valence-corrected chi connectivity index (χ1v) is 7.19. The SMILES string of the molecule is COc1ccc(Br)cc1CC(O)(CN)c1ccccc1. The van der Waals surface area contributed by atoms with Crippen LogP contribution in [0.3, 0.4) is 0 Å². The number of rotatable bonds is 5. The highest BCUT2D eigenvalue weighted by Crippen LogP contribution is 2.31. The van der Waals surface area contributed by atoms with Crippen molar-refractivity contribution < 1.29 is 9.84 Å². The molecule has 0 saturated carbocycles. The highest BCUT2D eigenvalue weighted by molar-refractivity contribution is 9.10. The van der Waals surface area contributed by atoms with Crippen molar-refractivity contribution in [2.45, 2.75) is 12.0 Å². The van der Waals surface area contributed by atoms with E-state index in [9.17, 15) is 5.11 Å². The van der Waals surface area contributed by atoms with Crippen LogP contribution in [0.5, 0.6) is 5.75 Å². The molecule has 2 aromatic carbocycles. The lowest BCUT2D eigenvalue weighted by atomic mass is 9.87. The van der Waals surface area contributed by atoms with Gasteiger partial charge in [0.05, 0.1) is 7.11 Å². The van der Waals surface area contributed by atoms with Crippen LogP contribution in [-0.4, -0.2) is 18.8 Å². The molecule has 0 radical (unpaired) electrons. The molecule has 4 heteroatoms. The van der Waals surface area contributed by atoms with Crippen molar-refractivity contribution in [1.29, 1.82) is 0 Å². The maximum Gasteiger partial charge on any atom is 0.122 e.